The minimum absolute atomic E-state index is 0.359. The zero-order valence-electron chi connectivity index (χ0n) is 14.0. The maximum absolute atomic E-state index is 5.74. The van der Waals surface area contributed by atoms with Crippen molar-refractivity contribution in [2.75, 3.05) is 13.7 Å². The molecule has 0 saturated heterocycles. The molecule has 1 aliphatic rings. The first-order valence-corrected chi connectivity index (χ1v) is 8.33. The molecule has 1 aliphatic carbocycles. The molecule has 1 heterocycles. The summed E-state index contributed by atoms with van der Waals surface area (Å²) < 4.78 is 5.74. The zero-order chi connectivity index (χ0) is 15.3. The second-order valence-corrected chi connectivity index (χ2v) is 6.91. The van der Waals surface area contributed by atoms with Gasteiger partial charge in [0.1, 0.15) is 5.75 Å². The lowest BCUT2D eigenvalue weighted by molar-refractivity contribution is 0.101. The Labute approximate surface area is 129 Å². The Bertz CT molecular complexity index is 445. The molecule has 1 N–H and O–H groups in total. The van der Waals surface area contributed by atoms with Crippen LogP contribution < -0.4 is 10.1 Å². The smallest absolute Gasteiger partial charge is 0.137 e. The molecular formula is C18H30N2O. The first kappa shape index (κ1) is 16.3. The monoisotopic (exact) mass is 290 g/mol. The molecule has 2 unspecified atom stereocenters. The van der Waals surface area contributed by atoms with Gasteiger partial charge in [0.25, 0.3) is 0 Å². The molecule has 2 rings (SSSR count). The topological polar surface area (TPSA) is 34.1 Å². The van der Waals surface area contributed by atoms with Crippen LogP contribution in [0.1, 0.15) is 64.5 Å². The summed E-state index contributed by atoms with van der Waals surface area (Å²) >= 11 is 0. The molecule has 3 heteroatoms. The van der Waals surface area contributed by atoms with Gasteiger partial charge in [0, 0.05) is 12.2 Å². The molecule has 0 bridgehead atoms. The van der Waals surface area contributed by atoms with Crippen molar-refractivity contribution in [1.29, 1.82) is 0 Å². The number of ether oxygens (including phenoxy) is 1. The van der Waals surface area contributed by atoms with Gasteiger partial charge >= 0.3 is 0 Å². The molecule has 1 saturated carbocycles. The van der Waals surface area contributed by atoms with Crippen LogP contribution in [0.25, 0.3) is 0 Å². The van der Waals surface area contributed by atoms with E-state index in [0.29, 0.717) is 17.4 Å². The van der Waals surface area contributed by atoms with Crippen LogP contribution in [0.5, 0.6) is 5.75 Å². The van der Waals surface area contributed by atoms with Crippen molar-refractivity contribution >= 4 is 0 Å². The molecule has 118 valence electrons. The van der Waals surface area contributed by atoms with Crippen molar-refractivity contribution in [2.24, 2.45) is 11.3 Å². The highest BCUT2D eigenvalue weighted by Gasteiger charge is 2.37. The normalized spacial score (nSPS) is 22.8. The van der Waals surface area contributed by atoms with Crippen molar-refractivity contribution < 1.29 is 4.74 Å². The van der Waals surface area contributed by atoms with Gasteiger partial charge in [0.15, 0.2) is 0 Å². The molecule has 0 spiro atoms. The fourth-order valence-corrected chi connectivity index (χ4v) is 3.64. The summed E-state index contributed by atoms with van der Waals surface area (Å²) in [5.74, 6) is 1.54. The largest absolute Gasteiger partial charge is 0.492 e. The lowest BCUT2D eigenvalue weighted by atomic mass is 9.65. The molecule has 0 amide bonds. The van der Waals surface area contributed by atoms with Gasteiger partial charge in [0.2, 0.25) is 0 Å². The van der Waals surface area contributed by atoms with Gasteiger partial charge in [-0.15, -0.1) is 0 Å². The van der Waals surface area contributed by atoms with E-state index in [1.807, 2.05) is 12.4 Å². The molecule has 0 radical (unpaired) electrons. The molecule has 2 atom stereocenters. The fourth-order valence-electron chi connectivity index (χ4n) is 3.64. The lowest BCUT2D eigenvalue weighted by Gasteiger charge is -2.43. The summed E-state index contributed by atoms with van der Waals surface area (Å²) in [5, 5.41) is 3.53. The predicted molar refractivity (Wildman–Crippen MR) is 87.6 cm³/mol. The van der Waals surface area contributed by atoms with E-state index in [2.05, 4.69) is 44.2 Å². The molecule has 1 aromatic rings. The van der Waals surface area contributed by atoms with Crippen molar-refractivity contribution in [3.05, 3.63) is 24.0 Å². The number of nitrogens with one attached hydrogen (secondary N) is 1. The van der Waals surface area contributed by atoms with Gasteiger partial charge in [-0.3, -0.25) is 4.98 Å². The summed E-state index contributed by atoms with van der Waals surface area (Å²) in [4.78, 5) is 4.38. The number of nitrogens with zero attached hydrogens (tertiary/aromatic N) is 1. The number of aromatic nitrogens is 1. The van der Waals surface area contributed by atoms with Crippen LogP contribution in [0.15, 0.2) is 18.5 Å². The number of rotatable bonds is 6. The van der Waals surface area contributed by atoms with Gasteiger partial charge in [-0.05, 0) is 49.3 Å². The third kappa shape index (κ3) is 3.97. The first-order chi connectivity index (χ1) is 10.1. The molecule has 3 nitrogen and oxygen atoms in total. The summed E-state index contributed by atoms with van der Waals surface area (Å²) in [6, 6.07) is 2.52. The van der Waals surface area contributed by atoms with Gasteiger partial charge in [-0.2, -0.15) is 0 Å². The van der Waals surface area contributed by atoms with Gasteiger partial charge in [0.05, 0.1) is 12.8 Å². The maximum atomic E-state index is 5.74. The Hall–Kier alpha value is -1.09. The van der Waals surface area contributed by atoms with Crippen LogP contribution in [0, 0.1) is 11.3 Å². The third-order valence-electron chi connectivity index (χ3n) is 4.87. The number of hydrogen-bond acceptors (Lipinski definition) is 3. The van der Waals surface area contributed by atoms with Crippen LogP contribution in [0.3, 0.4) is 0 Å². The average molecular weight is 290 g/mol. The molecule has 1 fully saturated rings. The number of hydrogen-bond donors (Lipinski definition) is 1. The second kappa shape index (κ2) is 7.26. The van der Waals surface area contributed by atoms with E-state index in [-0.39, 0.29) is 0 Å². The fraction of sp³-hybridized carbons (Fsp3) is 0.722. The van der Waals surface area contributed by atoms with Crippen molar-refractivity contribution in [2.45, 2.75) is 58.9 Å². The molecular weight excluding hydrogens is 260 g/mol. The molecule has 1 aromatic heterocycles. The second-order valence-electron chi connectivity index (χ2n) is 6.91. The summed E-state index contributed by atoms with van der Waals surface area (Å²) in [5.41, 5.74) is 1.64. The van der Waals surface area contributed by atoms with Crippen LogP contribution in [-0.2, 0) is 0 Å². The summed E-state index contributed by atoms with van der Waals surface area (Å²) in [6.07, 6.45) is 10.1. The SMILES string of the molecule is CCCOc1cncc(C(NC)C2CCCCC2(C)C)c1. The summed E-state index contributed by atoms with van der Waals surface area (Å²) in [6.45, 7) is 7.70. The van der Waals surface area contributed by atoms with E-state index in [9.17, 15) is 0 Å². The maximum Gasteiger partial charge on any atom is 0.137 e. The van der Waals surface area contributed by atoms with E-state index < -0.39 is 0 Å². The Morgan fingerprint density at radius 3 is 2.86 bits per heavy atom. The van der Waals surface area contributed by atoms with E-state index in [1.165, 1.54) is 31.2 Å². The van der Waals surface area contributed by atoms with E-state index in [4.69, 9.17) is 4.74 Å². The Balaban J connectivity index is 2.20. The zero-order valence-corrected chi connectivity index (χ0v) is 14.0. The number of pyridine rings is 1. The molecule has 0 aromatic carbocycles. The van der Waals surface area contributed by atoms with Crippen molar-refractivity contribution in [1.82, 2.24) is 10.3 Å². The van der Waals surface area contributed by atoms with Crippen LogP contribution in [0.4, 0.5) is 0 Å². The highest BCUT2D eigenvalue weighted by Crippen LogP contribution is 2.46. The van der Waals surface area contributed by atoms with Gasteiger partial charge < -0.3 is 10.1 Å². The predicted octanol–water partition coefficient (Wildman–Crippen LogP) is 4.35. The first-order valence-electron chi connectivity index (χ1n) is 8.33. The van der Waals surface area contributed by atoms with Crippen LogP contribution in [-0.4, -0.2) is 18.6 Å². The van der Waals surface area contributed by atoms with Crippen molar-refractivity contribution in [3.63, 3.8) is 0 Å². The quantitative estimate of drug-likeness (QED) is 0.846. The Kier molecular flexibility index (Phi) is 5.63. The lowest BCUT2D eigenvalue weighted by Crippen LogP contribution is -2.37. The molecule has 0 aliphatic heterocycles. The minimum atomic E-state index is 0.359. The van der Waals surface area contributed by atoms with Crippen molar-refractivity contribution in [3.8, 4) is 5.75 Å². The summed E-state index contributed by atoms with van der Waals surface area (Å²) in [7, 11) is 2.06. The van der Waals surface area contributed by atoms with E-state index in [0.717, 1.165) is 18.8 Å². The minimum Gasteiger partial charge on any atom is -0.492 e. The highest BCUT2D eigenvalue weighted by molar-refractivity contribution is 5.27. The van der Waals surface area contributed by atoms with Crippen LogP contribution >= 0.6 is 0 Å². The Morgan fingerprint density at radius 2 is 2.19 bits per heavy atom. The molecule has 21 heavy (non-hydrogen) atoms. The third-order valence-corrected chi connectivity index (χ3v) is 4.87. The highest BCUT2D eigenvalue weighted by atomic mass is 16.5. The Morgan fingerprint density at radius 1 is 1.38 bits per heavy atom. The average Bonchev–Trinajstić information content (AvgIpc) is 2.48. The van der Waals surface area contributed by atoms with E-state index in [1.54, 1.807) is 0 Å². The van der Waals surface area contributed by atoms with Gasteiger partial charge in [-0.25, -0.2) is 0 Å². The van der Waals surface area contributed by atoms with Gasteiger partial charge in [-0.1, -0.05) is 33.6 Å². The standard InChI is InChI=1S/C18H30N2O/c1-5-10-21-15-11-14(12-20-13-15)17(19-4)16-8-6-7-9-18(16,2)3/h11-13,16-17,19H,5-10H2,1-4H3. The van der Waals surface area contributed by atoms with E-state index >= 15 is 0 Å². The van der Waals surface area contributed by atoms with Crippen LogP contribution in [0.2, 0.25) is 0 Å².